The molecule has 4 heteroatoms. The number of nitrogens with two attached hydrogens (primary N) is 1. The van der Waals surface area contributed by atoms with Crippen LogP contribution in [0.4, 0.5) is 4.39 Å². The summed E-state index contributed by atoms with van der Waals surface area (Å²) in [7, 11) is 0. The molecule has 0 saturated heterocycles. The average molecular weight is 197 g/mol. The molecule has 0 heterocycles. The molecule has 1 aromatic carbocycles. The monoisotopic (exact) mass is 197 g/mol. The molecule has 1 atom stereocenters. The van der Waals surface area contributed by atoms with Gasteiger partial charge in [0.05, 0.1) is 0 Å². The Hall–Kier alpha value is -1.42. The van der Waals surface area contributed by atoms with E-state index in [4.69, 9.17) is 10.8 Å². The fourth-order valence-corrected chi connectivity index (χ4v) is 1.32. The van der Waals surface area contributed by atoms with E-state index < -0.39 is 17.3 Å². The second kappa shape index (κ2) is 3.38. The van der Waals surface area contributed by atoms with Gasteiger partial charge in [0, 0.05) is 0 Å². The fourth-order valence-electron chi connectivity index (χ4n) is 1.32. The number of hydrogen-bond acceptors (Lipinski definition) is 2. The van der Waals surface area contributed by atoms with Crippen LogP contribution in [0, 0.1) is 12.7 Å². The van der Waals surface area contributed by atoms with Gasteiger partial charge in [-0.1, -0.05) is 6.07 Å². The molecule has 0 amide bonds. The fraction of sp³-hybridized carbons (Fsp3) is 0.300. The molecule has 1 aromatic rings. The Morgan fingerprint density at radius 1 is 1.57 bits per heavy atom. The van der Waals surface area contributed by atoms with Gasteiger partial charge in [-0.3, -0.25) is 0 Å². The first-order valence-corrected chi connectivity index (χ1v) is 4.14. The molecule has 1 rings (SSSR count). The van der Waals surface area contributed by atoms with Crippen molar-refractivity contribution in [3.63, 3.8) is 0 Å². The lowest BCUT2D eigenvalue weighted by Crippen LogP contribution is -2.42. The zero-order valence-electron chi connectivity index (χ0n) is 8.04. The quantitative estimate of drug-likeness (QED) is 0.753. The lowest BCUT2D eigenvalue weighted by molar-refractivity contribution is -0.143. The van der Waals surface area contributed by atoms with Crippen LogP contribution in [-0.2, 0) is 10.3 Å². The standard InChI is InChI=1S/C10H12FNO2/c1-6-5-7(11)3-4-8(6)10(2,12)9(13)14/h3-5H,12H2,1-2H3,(H,13,14). The van der Waals surface area contributed by atoms with E-state index in [9.17, 15) is 9.18 Å². The van der Waals surface area contributed by atoms with Crippen LogP contribution in [0.15, 0.2) is 18.2 Å². The van der Waals surface area contributed by atoms with Crippen molar-refractivity contribution in [2.24, 2.45) is 5.73 Å². The number of aliphatic carboxylic acids is 1. The minimum absolute atomic E-state index is 0.396. The Labute approximate surface area is 81.4 Å². The summed E-state index contributed by atoms with van der Waals surface area (Å²) in [4.78, 5) is 10.8. The number of carboxylic acid groups (broad SMARTS) is 1. The molecular formula is C10H12FNO2. The molecule has 0 fully saturated rings. The Kier molecular flexibility index (Phi) is 2.57. The molecule has 0 bridgehead atoms. The van der Waals surface area contributed by atoms with Crippen molar-refractivity contribution in [3.8, 4) is 0 Å². The van der Waals surface area contributed by atoms with Gasteiger partial charge in [0.15, 0.2) is 0 Å². The summed E-state index contributed by atoms with van der Waals surface area (Å²) in [6.45, 7) is 3.02. The van der Waals surface area contributed by atoms with Crippen LogP contribution in [0.1, 0.15) is 18.1 Å². The third-order valence-corrected chi connectivity index (χ3v) is 2.19. The molecule has 0 aromatic heterocycles. The van der Waals surface area contributed by atoms with E-state index in [1.54, 1.807) is 6.92 Å². The molecule has 0 aliphatic carbocycles. The minimum atomic E-state index is -1.47. The Bertz CT molecular complexity index is 374. The van der Waals surface area contributed by atoms with Gasteiger partial charge in [0.25, 0.3) is 0 Å². The number of aryl methyl sites for hydroxylation is 1. The predicted molar refractivity (Wildman–Crippen MR) is 50.3 cm³/mol. The summed E-state index contributed by atoms with van der Waals surface area (Å²) in [5.74, 6) is -1.53. The van der Waals surface area contributed by atoms with Crippen molar-refractivity contribution in [1.29, 1.82) is 0 Å². The number of benzene rings is 1. The van der Waals surface area contributed by atoms with Gasteiger partial charge >= 0.3 is 5.97 Å². The van der Waals surface area contributed by atoms with E-state index in [1.165, 1.54) is 25.1 Å². The van der Waals surface area contributed by atoms with Crippen molar-refractivity contribution < 1.29 is 14.3 Å². The molecule has 0 radical (unpaired) electrons. The van der Waals surface area contributed by atoms with Gasteiger partial charge in [-0.15, -0.1) is 0 Å². The minimum Gasteiger partial charge on any atom is -0.480 e. The van der Waals surface area contributed by atoms with Crippen molar-refractivity contribution in [2.75, 3.05) is 0 Å². The van der Waals surface area contributed by atoms with Crippen molar-refractivity contribution in [1.82, 2.24) is 0 Å². The lowest BCUT2D eigenvalue weighted by atomic mass is 9.90. The SMILES string of the molecule is Cc1cc(F)ccc1C(C)(N)C(=O)O. The molecular weight excluding hydrogens is 185 g/mol. The molecule has 0 aliphatic rings. The molecule has 14 heavy (non-hydrogen) atoms. The summed E-state index contributed by atoms with van der Waals surface area (Å²) in [5.41, 5.74) is 5.10. The summed E-state index contributed by atoms with van der Waals surface area (Å²) < 4.78 is 12.7. The van der Waals surface area contributed by atoms with E-state index in [1.807, 2.05) is 0 Å². The van der Waals surface area contributed by atoms with E-state index in [-0.39, 0.29) is 0 Å². The summed E-state index contributed by atoms with van der Waals surface area (Å²) in [6.07, 6.45) is 0. The zero-order chi connectivity index (χ0) is 10.9. The zero-order valence-corrected chi connectivity index (χ0v) is 8.04. The van der Waals surface area contributed by atoms with Gasteiger partial charge in [0.1, 0.15) is 11.4 Å². The first kappa shape index (κ1) is 10.7. The second-order valence-electron chi connectivity index (χ2n) is 3.47. The highest BCUT2D eigenvalue weighted by Crippen LogP contribution is 2.22. The highest BCUT2D eigenvalue weighted by Gasteiger charge is 2.31. The molecule has 76 valence electrons. The average Bonchev–Trinajstić information content (AvgIpc) is 2.02. The van der Waals surface area contributed by atoms with Gasteiger partial charge < -0.3 is 10.8 Å². The van der Waals surface area contributed by atoms with E-state index in [0.29, 0.717) is 11.1 Å². The second-order valence-corrected chi connectivity index (χ2v) is 3.47. The van der Waals surface area contributed by atoms with E-state index in [0.717, 1.165) is 0 Å². The number of carboxylic acids is 1. The molecule has 1 unspecified atom stereocenters. The maximum absolute atomic E-state index is 12.7. The third kappa shape index (κ3) is 1.75. The molecule has 3 N–H and O–H groups in total. The Balaban J connectivity index is 3.26. The third-order valence-electron chi connectivity index (χ3n) is 2.19. The van der Waals surface area contributed by atoms with Crippen LogP contribution >= 0.6 is 0 Å². The van der Waals surface area contributed by atoms with Crippen LogP contribution < -0.4 is 5.73 Å². The van der Waals surface area contributed by atoms with Crippen LogP contribution in [0.2, 0.25) is 0 Å². The number of rotatable bonds is 2. The van der Waals surface area contributed by atoms with Gasteiger partial charge in [-0.05, 0) is 37.1 Å². The van der Waals surface area contributed by atoms with Crippen LogP contribution in [0.5, 0.6) is 0 Å². The molecule has 3 nitrogen and oxygen atoms in total. The molecule has 0 spiro atoms. The smallest absolute Gasteiger partial charge is 0.328 e. The van der Waals surface area contributed by atoms with E-state index >= 15 is 0 Å². The van der Waals surface area contributed by atoms with Crippen LogP contribution in [-0.4, -0.2) is 11.1 Å². The predicted octanol–water partition coefficient (Wildman–Crippen LogP) is 1.39. The molecule has 0 saturated carbocycles. The maximum atomic E-state index is 12.7. The normalized spacial score (nSPS) is 14.9. The van der Waals surface area contributed by atoms with Crippen molar-refractivity contribution in [2.45, 2.75) is 19.4 Å². The summed E-state index contributed by atoms with van der Waals surface area (Å²) in [5, 5.41) is 8.87. The first-order chi connectivity index (χ1) is 6.35. The molecule has 0 aliphatic heterocycles. The van der Waals surface area contributed by atoms with Crippen LogP contribution in [0.25, 0.3) is 0 Å². The summed E-state index contributed by atoms with van der Waals surface area (Å²) in [6, 6.07) is 3.87. The van der Waals surface area contributed by atoms with Gasteiger partial charge in [-0.25, -0.2) is 9.18 Å². The van der Waals surface area contributed by atoms with Gasteiger partial charge in [0.2, 0.25) is 0 Å². The first-order valence-electron chi connectivity index (χ1n) is 4.14. The summed E-state index contributed by atoms with van der Waals surface area (Å²) >= 11 is 0. The number of carbonyl (C=O) groups is 1. The number of hydrogen-bond donors (Lipinski definition) is 2. The topological polar surface area (TPSA) is 63.3 Å². The Morgan fingerprint density at radius 3 is 2.57 bits per heavy atom. The van der Waals surface area contributed by atoms with Gasteiger partial charge in [-0.2, -0.15) is 0 Å². The Morgan fingerprint density at radius 2 is 2.14 bits per heavy atom. The van der Waals surface area contributed by atoms with Crippen molar-refractivity contribution in [3.05, 3.63) is 35.1 Å². The largest absolute Gasteiger partial charge is 0.480 e. The lowest BCUT2D eigenvalue weighted by Gasteiger charge is -2.21. The van der Waals surface area contributed by atoms with Crippen molar-refractivity contribution >= 4 is 5.97 Å². The highest BCUT2D eigenvalue weighted by molar-refractivity contribution is 5.80. The van der Waals surface area contributed by atoms with Crippen LogP contribution in [0.3, 0.4) is 0 Å². The number of halogens is 1. The maximum Gasteiger partial charge on any atom is 0.328 e. The van der Waals surface area contributed by atoms with E-state index in [2.05, 4.69) is 0 Å². The highest BCUT2D eigenvalue weighted by atomic mass is 19.1.